The van der Waals surface area contributed by atoms with E-state index in [0.717, 1.165) is 16.6 Å². The third-order valence-corrected chi connectivity index (χ3v) is 6.35. The normalized spacial score (nSPS) is 17.4. The maximum Gasteiger partial charge on any atom is 0.191 e. The highest BCUT2D eigenvalue weighted by Crippen LogP contribution is 2.39. The predicted octanol–water partition coefficient (Wildman–Crippen LogP) is 3.86. The Labute approximate surface area is 162 Å². The van der Waals surface area contributed by atoms with Crippen LogP contribution in [0.2, 0.25) is 0 Å². The first-order valence-electron chi connectivity index (χ1n) is 9.08. The van der Waals surface area contributed by atoms with Gasteiger partial charge in [0.15, 0.2) is 11.4 Å². The lowest BCUT2D eigenvalue weighted by Gasteiger charge is -2.26. The second-order valence-electron chi connectivity index (χ2n) is 6.52. The molecule has 0 fully saturated rings. The summed E-state index contributed by atoms with van der Waals surface area (Å²) in [5.41, 5.74) is 7.58. The van der Waals surface area contributed by atoms with Crippen LogP contribution in [0.3, 0.4) is 0 Å². The molecule has 6 nitrogen and oxygen atoms in total. The van der Waals surface area contributed by atoms with Crippen molar-refractivity contribution in [2.45, 2.75) is 58.3 Å². The number of aromatic nitrogens is 2. The molecule has 2 aromatic rings. The van der Waals surface area contributed by atoms with Crippen LogP contribution in [0.4, 0.5) is 5.82 Å². The molecule has 0 saturated heterocycles. The number of thiophene rings is 1. The fourth-order valence-electron chi connectivity index (χ4n) is 3.04. The number of hydrogen-bond acceptors (Lipinski definition) is 8. The summed E-state index contributed by atoms with van der Waals surface area (Å²) >= 11 is 3.18. The Balaban J connectivity index is 1.81. The summed E-state index contributed by atoms with van der Waals surface area (Å²) in [5, 5.41) is 1.67. The molecule has 3 heterocycles. The fourth-order valence-corrected chi connectivity index (χ4v) is 5.02. The van der Waals surface area contributed by atoms with Gasteiger partial charge in [0.2, 0.25) is 0 Å². The maximum absolute atomic E-state index is 6.31. The minimum atomic E-state index is -0.257. The number of nitrogens with zero attached hydrogens (tertiary/aromatic N) is 2. The summed E-state index contributed by atoms with van der Waals surface area (Å²) in [7, 11) is 0. The Bertz CT molecular complexity index is 745. The van der Waals surface area contributed by atoms with Gasteiger partial charge < -0.3 is 19.9 Å². The number of nitrogens with two attached hydrogens (primary N) is 1. The van der Waals surface area contributed by atoms with Gasteiger partial charge in [-0.2, -0.15) is 0 Å². The monoisotopic (exact) mass is 397 g/mol. The van der Waals surface area contributed by atoms with Crippen molar-refractivity contribution >= 4 is 39.1 Å². The zero-order chi connectivity index (χ0) is 18.7. The second kappa shape index (κ2) is 8.84. The summed E-state index contributed by atoms with van der Waals surface area (Å²) in [6.07, 6.45) is 0.850. The van der Waals surface area contributed by atoms with E-state index >= 15 is 0 Å². The molecule has 0 bridgehead atoms. The van der Waals surface area contributed by atoms with Crippen molar-refractivity contribution in [3.8, 4) is 0 Å². The van der Waals surface area contributed by atoms with Crippen molar-refractivity contribution in [3.05, 3.63) is 10.4 Å². The molecule has 3 rings (SSSR count). The maximum atomic E-state index is 6.31. The standard InChI is InChI=1S/C18H27N3O3S2/c1-5-22-14(23-6-2)9-25-18-20-16(19)15-11-7-12(10(3)4)24-8-13(11)26-17(15)21-18/h10,12,14H,5-9H2,1-4H3,(H2,19,20,21)/t12-/m0/s1. The average molecular weight is 398 g/mol. The van der Waals surface area contributed by atoms with Gasteiger partial charge in [-0.05, 0) is 25.3 Å². The molecular weight excluding hydrogens is 370 g/mol. The first-order chi connectivity index (χ1) is 12.5. The van der Waals surface area contributed by atoms with Crippen LogP contribution in [0, 0.1) is 5.92 Å². The first-order valence-corrected chi connectivity index (χ1v) is 10.9. The lowest BCUT2D eigenvalue weighted by molar-refractivity contribution is -0.120. The zero-order valence-electron chi connectivity index (χ0n) is 15.8. The molecule has 144 valence electrons. The van der Waals surface area contributed by atoms with Crippen molar-refractivity contribution in [1.29, 1.82) is 0 Å². The number of fused-ring (bicyclic) bond motifs is 3. The van der Waals surface area contributed by atoms with Crippen LogP contribution in [0.5, 0.6) is 0 Å². The van der Waals surface area contributed by atoms with Gasteiger partial charge in [0.25, 0.3) is 0 Å². The van der Waals surface area contributed by atoms with Crippen molar-refractivity contribution in [1.82, 2.24) is 9.97 Å². The highest BCUT2D eigenvalue weighted by molar-refractivity contribution is 7.99. The van der Waals surface area contributed by atoms with Gasteiger partial charge in [0, 0.05) is 24.5 Å². The highest BCUT2D eigenvalue weighted by Gasteiger charge is 2.27. The lowest BCUT2D eigenvalue weighted by atomic mass is 9.96. The van der Waals surface area contributed by atoms with E-state index in [4.69, 9.17) is 24.9 Å². The minimum Gasteiger partial charge on any atom is -0.383 e. The minimum absolute atomic E-state index is 0.229. The van der Waals surface area contributed by atoms with Crippen molar-refractivity contribution in [2.75, 3.05) is 24.7 Å². The van der Waals surface area contributed by atoms with E-state index in [9.17, 15) is 0 Å². The SMILES string of the molecule is CCOC(CSc1nc(N)c2c3c(sc2n1)CO[C@H](C(C)C)C3)OCC. The molecule has 8 heteroatoms. The Kier molecular flexibility index (Phi) is 6.74. The Morgan fingerprint density at radius 1 is 1.27 bits per heavy atom. The van der Waals surface area contributed by atoms with Crippen LogP contribution >= 0.6 is 23.1 Å². The van der Waals surface area contributed by atoms with Gasteiger partial charge in [-0.25, -0.2) is 9.97 Å². The number of rotatable bonds is 8. The molecule has 0 spiro atoms. The largest absolute Gasteiger partial charge is 0.383 e. The Morgan fingerprint density at radius 3 is 2.65 bits per heavy atom. The first kappa shape index (κ1) is 19.8. The molecule has 1 aliphatic rings. The Morgan fingerprint density at radius 2 is 2.00 bits per heavy atom. The van der Waals surface area contributed by atoms with Gasteiger partial charge in [-0.3, -0.25) is 0 Å². The van der Waals surface area contributed by atoms with Gasteiger partial charge >= 0.3 is 0 Å². The molecule has 0 aliphatic carbocycles. The number of nitrogen functional groups attached to an aromatic ring is 1. The predicted molar refractivity (Wildman–Crippen MR) is 107 cm³/mol. The third kappa shape index (κ3) is 4.31. The lowest BCUT2D eigenvalue weighted by Crippen LogP contribution is -2.26. The van der Waals surface area contributed by atoms with Crippen LogP contribution in [-0.4, -0.2) is 41.3 Å². The molecule has 26 heavy (non-hydrogen) atoms. The molecule has 2 aromatic heterocycles. The van der Waals surface area contributed by atoms with Gasteiger partial charge in [0.05, 0.1) is 23.8 Å². The van der Waals surface area contributed by atoms with E-state index in [1.165, 1.54) is 22.2 Å². The van der Waals surface area contributed by atoms with Crippen LogP contribution in [0.1, 0.15) is 38.1 Å². The summed E-state index contributed by atoms with van der Waals surface area (Å²) in [4.78, 5) is 11.4. The average Bonchev–Trinajstić information content (AvgIpc) is 2.98. The van der Waals surface area contributed by atoms with Gasteiger partial charge in [-0.1, -0.05) is 25.6 Å². The van der Waals surface area contributed by atoms with E-state index in [0.29, 0.717) is 42.5 Å². The third-order valence-electron chi connectivity index (χ3n) is 4.37. The summed E-state index contributed by atoms with van der Waals surface area (Å²) in [5.74, 6) is 1.67. The number of ether oxygens (including phenoxy) is 3. The smallest absolute Gasteiger partial charge is 0.191 e. The van der Waals surface area contributed by atoms with E-state index < -0.39 is 0 Å². The molecule has 1 aliphatic heterocycles. The van der Waals surface area contributed by atoms with Crippen LogP contribution in [0.25, 0.3) is 10.2 Å². The van der Waals surface area contributed by atoms with Gasteiger partial charge in [-0.15, -0.1) is 11.3 Å². The topological polar surface area (TPSA) is 79.5 Å². The fraction of sp³-hybridized carbons (Fsp3) is 0.667. The molecule has 0 unspecified atom stereocenters. The molecule has 0 aromatic carbocycles. The highest BCUT2D eigenvalue weighted by atomic mass is 32.2. The van der Waals surface area contributed by atoms with Crippen molar-refractivity contribution in [3.63, 3.8) is 0 Å². The number of anilines is 1. The zero-order valence-corrected chi connectivity index (χ0v) is 17.4. The molecule has 1 atom stereocenters. The van der Waals surface area contributed by atoms with E-state index in [2.05, 4.69) is 18.8 Å². The molecule has 0 saturated carbocycles. The van der Waals surface area contributed by atoms with Crippen molar-refractivity contribution in [2.24, 2.45) is 5.92 Å². The van der Waals surface area contributed by atoms with E-state index in [1.807, 2.05) is 13.8 Å². The number of thioether (sulfide) groups is 1. The summed E-state index contributed by atoms with van der Waals surface area (Å²) in [6.45, 7) is 10.2. The van der Waals surface area contributed by atoms with Crippen LogP contribution in [0.15, 0.2) is 5.16 Å². The van der Waals surface area contributed by atoms with Gasteiger partial charge in [0.1, 0.15) is 10.6 Å². The number of hydrogen-bond donors (Lipinski definition) is 1. The van der Waals surface area contributed by atoms with Crippen molar-refractivity contribution < 1.29 is 14.2 Å². The van der Waals surface area contributed by atoms with E-state index in [1.54, 1.807) is 11.3 Å². The molecular formula is C18H27N3O3S2. The van der Waals surface area contributed by atoms with Crippen LogP contribution in [-0.2, 0) is 27.2 Å². The Hall–Kier alpha value is -0.930. The second-order valence-corrected chi connectivity index (χ2v) is 8.59. The summed E-state index contributed by atoms with van der Waals surface area (Å²) in [6, 6.07) is 0. The van der Waals surface area contributed by atoms with Crippen LogP contribution < -0.4 is 5.73 Å². The van der Waals surface area contributed by atoms with E-state index in [-0.39, 0.29) is 12.4 Å². The molecule has 2 N–H and O–H groups in total. The molecule has 0 radical (unpaired) electrons. The quantitative estimate of drug-likeness (QED) is 0.411. The summed E-state index contributed by atoms with van der Waals surface area (Å²) < 4.78 is 17.1. The molecule has 0 amide bonds.